The molecule has 2 N–H and O–H groups in total. The highest BCUT2D eigenvalue weighted by molar-refractivity contribution is 5.79. The number of nitrogens with two attached hydrogens (primary N) is 1. The van der Waals surface area contributed by atoms with E-state index in [0.29, 0.717) is 11.8 Å². The van der Waals surface area contributed by atoms with E-state index in [9.17, 15) is 4.79 Å². The Kier molecular flexibility index (Phi) is 5.80. The van der Waals surface area contributed by atoms with Crippen molar-refractivity contribution in [1.29, 1.82) is 0 Å². The van der Waals surface area contributed by atoms with Crippen LogP contribution in [0.4, 0.5) is 0 Å². The molecule has 0 atom stereocenters. The van der Waals surface area contributed by atoms with Crippen LogP contribution in [0.15, 0.2) is 24.3 Å². The predicted molar refractivity (Wildman–Crippen MR) is 86.8 cm³/mol. The summed E-state index contributed by atoms with van der Waals surface area (Å²) in [5.41, 5.74) is 8.25. The molecule has 116 valence electrons. The summed E-state index contributed by atoms with van der Waals surface area (Å²) in [5.74, 6) is 1.16. The molecule has 1 fully saturated rings. The van der Waals surface area contributed by atoms with E-state index < -0.39 is 0 Å². The molecule has 0 radical (unpaired) electrons. The lowest BCUT2D eigenvalue weighted by molar-refractivity contribution is -0.137. The highest BCUT2D eigenvalue weighted by Crippen LogP contribution is 2.29. The monoisotopic (exact) mass is 288 g/mol. The van der Waals surface area contributed by atoms with Gasteiger partial charge in [-0.3, -0.25) is 4.79 Å². The van der Waals surface area contributed by atoms with Gasteiger partial charge in [0.1, 0.15) is 0 Å². The molecule has 1 amide bonds. The third kappa shape index (κ3) is 4.07. The zero-order chi connectivity index (χ0) is 15.2. The smallest absolute Gasteiger partial charge is 0.225 e. The van der Waals surface area contributed by atoms with Gasteiger partial charge < -0.3 is 10.6 Å². The van der Waals surface area contributed by atoms with Crippen molar-refractivity contribution >= 4 is 5.91 Å². The summed E-state index contributed by atoms with van der Waals surface area (Å²) in [5, 5.41) is 0. The Labute approximate surface area is 128 Å². The van der Waals surface area contributed by atoms with Gasteiger partial charge in [0.05, 0.1) is 0 Å². The van der Waals surface area contributed by atoms with E-state index in [1.807, 2.05) is 17.0 Å². The minimum atomic E-state index is 0.205. The van der Waals surface area contributed by atoms with E-state index in [1.54, 1.807) is 0 Å². The summed E-state index contributed by atoms with van der Waals surface area (Å²) in [6.07, 6.45) is 4.22. The number of hydrogen-bond donors (Lipinski definition) is 1. The molecule has 1 aliphatic rings. The van der Waals surface area contributed by atoms with Gasteiger partial charge in [-0.25, -0.2) is 0 Å². The Morgan fingerprint density at radius 1 is 1.24 bits per heavy atom. The first-order chi connectivity index (χ1) is 10.2. The number of nitrogens with zero attached hydrogens (tertiary/aromatic N) is 1. The van der Waals surface area contributed by atoms with Gasteiger partial charge in [-0.1, -0.05) is 24.3 Å². The summed E-state index contributed by atoms with van der Waals surface area (Å²) in [6, 6.07) is 8.33. The first kappa shape index (κ1) is 16.0. The van der Waals surface area contributed by atoms with Crippen LogP contribution in [-0.4, -0.2) is 23.9 Å². The molecule has 21 heavy (non-hydrogen) atoms. The number of benzene rings is 1. The van der Waals surface area contributed by atoms with Crippen LogP contribution in [0.25, 0.3) is 0 Å². The van der Waals surface area contributed by atoms with Gasteiger partial charge >= 0.3 is 0 Å². The zero-order valence-corrected chi connectivity index (χ0v) is 13.3. The molecular formula is C18H28N2O. The van der Waals surface area contributed by atoms with Crippen molar-refractivity contribution < 1.29 is 4.79 Å². The second kappa shape index (κ2) is 7.60. The largest absolute Gasteiger partial charge is 0.338 e. The van der Waals surface area contributed by atoms with Crippen LogP contribution in [0.2, 0.25) is 0 Å². The van der Waals surface area contributed by atoms with E-state index in [0.717, 1.165) is 45.3 Å². The minimum absolute atomic E-state index is 0.205. The van der Waals surface area contributed by atoms with Crippen molar-refractivity contribution in [2.24, 2.45) is 17.6 Å². The fraction of sp³-hybridized carbons (Fsp3) is 0.611. The van der Waals surface area contributed by atoms with Crippen LogP contribution in [-0.2, 0) is 11.3 Å². The van der Waals surface area contributed by atoms with Crippen LogP contribution in [0.3, 0.4) is 0 Å². The van der Waals surface area contributed by atoms with Gasteiger partial charge in [-0.2, -0.15) is 0 Å². The number of aryl methyl sites for hydroxylation is 1. The zero-order valence-electron chi connectivity index (χ0n) is 13.3. The number of amides is 1. The average Bonchev–Trinajstić information content (AvgIpc) is 2.53. The Bertz CT molecular complexity index is 464. The predicted octanol–water partition coefficient (Wildman–Crippen LogP) is 3.11. The molecule has 1 aromatic carbocycles. The van der Waals surface area contributed by atoms with Crippen molar-refractivity contribution in [3.8, 4) is 0 Å². The van der Waals surface area contributed by atoms with E-state index in [1.165, 1.54) is 11.1 Å². The topological polar surface area (TPSA) is 46.3 Å². The van der Waals surface area contributed by atoms with E-state index in [4.69, 9.17) is 5.73 Å². The Morgan fingerprint density at radius 3 is 2.48 bits per heavy atom. The lowest BCUT2D eigenvalue weighted by Gasteiger charge is -2.31. The summed E-state index contributed by atoms with van der Waals surface area (Å²) < 4.78 is 0. The van der Waals surface area contributed by atoms with Crippen molar-refractivity contribution in [3.63, 3.8) is 0 Å². The maximum Gasteiger partial charge on any atom is 0.225 e. The molecule has 0 aliphatic heterocycles. The van der Waals surface area contributed by atoms with E-state index in [-0.39, 0.29) is 5.92 Å². The van der Waals surface area contributed by atoms with E-state index >= 15 is 0 Å². The van der Waals surface area contributed by atoms with Crippen LogP contribution >= 0.6 is 0 Å². The van der Waals surface area contributed by atoms with Crippen molar-refractivity contribution in [3.05, 3.63) is 35.4 Å². The minimum Gasteiger partial charge on any atom is -0.338 e. The maximum atomic E-state index is 12.7. The van der Waals surface area contributed by atoms with Gasteiger partial charge in [0.25, 0.3) is 0 Å². The molecule has 1 aromatic rings. The highest BCUT2D eigenvalue weighted by Gasteiger charge is 2.28. The Morgan fingerprint density at radius 2 is 1.90 bits per heavy atom. The van der Waals surface area contributed by atoms with Crippen LogP contribution in [0.1, 0.15) is 43.7 Å². The average molecular weight is 288 g/mol. The SMILES string of the molecule is CCN(Cc1ccccc1C)C(=O)C1CCC(CN)CC1. The number of rotatable bonds is 5. The first-order valence-electron chi connectivity index (χ1n) is 8.19. The molecule has 0 saturated heterocycles. The fourth-order valence-electron chi connectivity index (χ4n) is 3.24. The van der Waals surface area contributed by atoms with Crippen molar-refractivity contribution in [1.82, 2.24) is 4.90 Å². The first-order valence-corrected chi connectivity index (χ1v) is 8.19. The van der Waals surface area contributed by atoms with Crippen LogP contribution in [0.5, 0.6) is 0 Å². The van der Waals surface area contributed by atoms with Gasteiger partial charge in [-0.05, 0) is 63.1 Å². The second-order valence-electron chi connectivity index (χ2n) is 6.23. The Hall–Kier alpha value is -1.35. The molecule has 0 bridgehead atoms. The normalized spacial score (nSPS) is 22.0. The van der Waals surface area contributed by atoms with E-state index in [2.05, 4.69) is 26.0 Å². The van der Waals surface area contributed by atoms with Gasteiger partial charge in [0.2, 0.25) is 5.91 Å². The van der Waals surface area contributed by atoms with Crippen LogP contribution < -0.4 is 5.73 Å². The van der Waals surface area contributed by atoms with Gasteiger partial charge in [-0.15, -0.1) is 0 Å². The molecule has 0 spiro atoms. The molecular weight excluding hydrogens is 260 g/mol. The molecule has 1 aliphatic carbocycles. The number of hydrogen-bond acceptors (Lipinski definition) is 2. The number of carbonyl (C=O) groups is 1. The standard InChI is InChI=1S/C18H28N2O/c1-3-20(13-17-7-5-4-6-14(17)2)18(21)16-10-8-15(12-19)9-11-16/h4-7,15-16H,3,8-13,19H2,1-2H3. The lowest BCUT2D eigenvalue weighted by atomic mass is 9.81. The summed E-state index contributed by atoms with van der Waals surface area (Å²) in [6.45, 7) is 6.46. The molecule has 2 rings (SSSR count). The number of carbonyl (C=O) groups excluding carboxylic acids is 1. The summed E-state index contributed by atoms with van der Waals surface area (Å²) in [7, 11) is 0. The summed E-state index contributed by atoms with van der Waals surface area (Å²) in [4.78, 5) is 14.7. The van der Waals surface area contributed by atoms with Gasteiger partial charge in [0.15, 0.2) is 0 Å². The Balaban J connectivity index is 1.98. The molecule has 1 saturated carbocycles. The second-order valence-corrected chi connectivity index (χ2v) is 6.23. The fourth-order valence-corrected chi connectivity index (χ4v) is 3.24. The molecule has 3 heteroatoms. The molecule has 0 aromatic heterocycles. The highest BCUT2D eigenvalue weighted by atomic mass is 16.2. The van der Waals surface area contributed by atoms with Crippen molar-refractivity contribution in [2.75, 3.05) is 13.1 Å². The third-order valence-electron chi connectivity index (χ3n) is 4.85. The molecule has 3 nitrogen and oxygen atoms in total. The lowest BCUT2D eigenvalue weighted by Crippen LogP contribution is -2.38. The quantitative estimate of drug-likeness (QED) is 0.905. The van der Waals surface area contributed by atoms with Crippen LogP contribution in [0, 0.1) is 18.8 Å². The summed E-state index contributed by atoms with van der Waals surface area (Å²) >= 11 is 0. The molecule has 0 unspecified atom stereocenters. The third-order valence-corrected chi connectivity index (χ3v) is 4.85. The maximum absolute atomic E-state index is 12.7. The van der Waals surface area contributed by atoms with Crippen molar-refractivity contribution in [2.45, 2.75) is 46.1 Å². The molecule has 0 heterocycles. The van der Waals surface area contributed by atoms with Gasteiger partial charge in [0, 0.05) is 19.0 Å².